The number of carboxylic acids is 5. The number of rotatable bonds is 22. The van der Waals surface area contributed by atoms with Crippen molar-refractivity contribution in [1.82, 2.24) is 29.9 Å². The van der Waals surface area contributed by atoms with Gasteiger partial charge in [-0.05, 0) is 223 Å². The van der Waals surface area contributed by atoms with Crippen molar-refractivity contribution in [1.29, 1.82) is 0 Å². The van der Waals surface area contributed by atoms with Gasteiger partial charge >= 0.3 is 29.8 Å². The van der Waals surface area contributed by atoms with Gasteiger partial charge in [0.15, 0.2) is 0 Å². The van der Waals surface area contributed by atoms with Gasteiger partial charge < -0.3 is 75.4 Å². The maximum Gasteiger partial charge on any atom is 0.341 e. The summed E-state index contributed by atoms with van der Waals surface area (Å²) in [6.07, 6.45) is 6.44. The fraction of sp³-hybridized carbons (Fsp3) is 0.274. The number of pyridine rings is 5. The van der Waals surface area contributed by atoms with Crippen LogP contribution in [0.3, 0.4) is 0 Å². The third kappa shape index (κ3) is 21.8. The molecule has 6 aromatic heterocycles. The molecule has 0 aliphatic carbocycles. The molecule has 26 nitrogen and oxygen atoms in total. The maximum atomic E-state index is 13.3. The van der Waals surface area contributed by atoms with Gasteiger partial charge in [0, 0.05) is 91.5 Å². The number of aromatic carboxylic acids is 5. The summed E-state index contributed by atoms with van der Waals surface area (Å²) in [6, 6.07) is 55.7. The normalized spacial score (nSPS) is 15.7. The number of halogens is 3. The van der Waals surface area contributed by atoms with Gasteiger partial charge in [-0.15, -0.1) is 11.3 Å². The van der Waals surface area contributed by atoms with E-state index in [-0.39, 0.29) is 27.8 Å². The molecule has 10 heterocycles. The summed E-state index contributed by atoms with van der Waals surface area (Å²) in [5, 5.41) is 51.9. The smallest absolute Gasteiger partial charge is 0.341 e. The third-order valence-corrected chi connectivity index (χ3v) is 23.2. The van der Waals surface area contributed by atoms with Gasteiger partial charge in [-0.25, -0.2) is 42.1 Å². The van der Waals surface area contributed by atoms with Crippen LogP contribution >= 0.6 is 11.3 Å². The quantitative estimate of drug-likeness (QED) is 0.0300. The molecule has 0 saturated carbocycles. The number of benzene rings is 6. The molecule has 2 unspecified atom stereocenters. The number of aromatic amines is 5. The van der Waals surface area contributed by atoms with E-state index in [0.29, 0.717) is 125 Å². The summed E-state index contributed by atoms with van der Waals surface area (Å²) < 4.78 is 40.0. The standard InChI is InChI=1S/C21H21N3O3S.C20H18N2O3.3C18H19FN2O3/c1-2-13-12-16(21(26)27)19(25)23-18(13)14-5-7-15(8-6-14)24-10-3-4-17(24)20-22-9-11-28-20;1-2-13-12-17(20(24)25)19(23)22-18(13)14-8-10-16(11-9-14)21-15-6-4-3-5-7-15;3*1-2-11-9-15(18(23)24)17(22)20-16(11)12-3-5-14(6-4-12)21-8-7-13(19)10-21/h5-9,11-12,17H,2-4,10H2,1H3,(H,23,25)(H,26,27);3-12,21H,2H2,1H3,(H,22,23)(H,24,25);3*3-6,9,13H,2,7-8,10H2,1H3,(H,20,22)(H,23,24)/t;;2*13-;/m..10./s1. The van der Waals surface area contributed by atoms with Crippen LogP contribution in [0.4, 0.5) is 47.3 Å². The van der Waals surface area contributed by atoms with E-state index >= 15 is 0 Å². The lowest BCUT2D eigenvalue weighted by molar-refractivity contribution is 0.0684. The maximum absolute atomic E-state index is 13.3. The summed E-state index contributed by atoms with van der Waals surface area (Å²) in [4.78, 5) is 142. The highest BCUT2D eigenvalue weighted by Gasteiger charge is 2.30. The third-order valence-electron chi connectivity index (χ3n) is 22.3. The minimum absolute atomic E-state index is 0.222. The van der Waals surface area contributed by atoms with E-state index in [0.717, 1.165) is 114 Å². The number of anilines is 6. The van der Waals surface area contributed by atoms with Crippen LogP contribution in [0.1, 0.15) is 157 Å². The fourth-order valence-electron chi connectivity index (χ4n) is 15.7. The second-order valence-corrected chi connectivity index (χ2v) is 31.3. The van der Waals surface area contributed by atoms with E-state index in [1.807, 2.05) is 200 Å². The van der Waals surface area contributed by atoms with Crippen LogP contribution in [0.15, 0.2) is 218 Å². The molecule has 30 heteroatoms. The minimum Gasteiger partial charge on any atom is -0.477 e. The lowest BCUT2D eigenvalue weighted by Crippen LogP contribution is -2.22. The van der Waals surface area contributed by atoms with Crippen molar-refractivity contribution in [2.45, 2.75) is 123 Å². The summed E-state index contributed by atoms with van der Waals surface area (Å²) in [5.74, 6) is -6.13. The number of carbonyl (C=O) groups is 5. The van der Waals surface area contributed by atoms with Crippen molar-refractivity contribution >= 4 is 75.3 Å². The number of nitrogens with zero attached hydrogens (tertiary/aromatic N) is 5. The largest absolute Gasteiger partial charge is 0.477 e. The zero-order chi connectivity index (χ0) is 89.3. The number of H-pyrrole nitrogens is 5. The van der Waals surface area contributed by atoms with Gasteiger partial charge in [0.2, 0.25) is 0 Å². The number of hydrogen-bond donors (Lipinski definition) is 11. The molecule has 4 saturated heterocycles. The number of aromatic nitrogens is 6. The molecule has 4 fully saturated rings. The first-order chi connectivity index (χ1) is 60.1. The first kappa shape index (κ1) is 90.1. The monoisotopic (exact) mass is 1720 g/mol. The Morgan fingerprint density at radius 3 is 0.896 bits per heavy atom. The lowest BCUT2D eigenvalue weighted by atomic mass is 10.0. The average molecular weight is 1720 g/mol. The number of nitrogens with one attached hydrogen (secondary N) is 6. The second-order valence-electron chi connectivity index (χ2n) is 30.3. The molecule has 16 rings (SSSR count). The molecule has 12 aromatic rings. The molecule has 0 spiro atoms. The molecule has 11 N–H and O–H groups in total. The van der Waals surface area contributed by atoms with Crippen molar-refractivity contribution in [2.24, 2.45) is 0 Å². The SMILES string of the molecule is CCc1cc(C(=O)O)c(=O)[nH]c1-c1ccc(N2CCC(F)C2)cc1.CCc1cc(C(=O)O)c(=O)[nH]c1-c1ccc(N2CCCC2c2nccs2)cc1.CCc1cc(C(=O)O)c(=O)[nH]c1-c1ccc(N2CC[C@@H](F)C2)cc1.CCc1cc(C(=O)O)c(=O)[nH]c1-c1ccc(N2CC[C@H](F)C2)cc1.CCc1cc(C(=O)O)c(=O)[nH]c1-c1ccc(Nc2ccccc2)cc1. The van der Waals surface area contributed by atoms with Crippen LogP contribution in [0, 0.1) is 0 Å². The topological polar surface area (TPSA) is 389 Å². The summed E-state index contributed by atoms with van der Waals surface area (Å²) in [5.41, 5.74) is 12.9. The van der Waals surface area contributed by atoms with Crippen molar-refractivity contribution in [2.75, 3.05) is 70.7 Å². The Hall–Kier alpha value is -14.2. The summed E-state index contributed by atoms with van der Waals surface area (Å²) in [7, 11) is 0. The molecule has 0 radical (unpaired) electrons. The first-order valence-electron chi connectivity index (χ1n) is 41.3. The highest BCUT2D eigenvalue weighted by atomic mass is 32.1. The Morgan fingerprint density at radius 1 is 0.376 bits per heavy atom. The molecule has 4 aliphatic rings. The van der Waals surface area contributed by atoms with E-state index in [1.54, 1.807) is 11.3 Å². The molecule has 0 amide bonds. The van der Waals surface area contributed by atoms with Crippen molar-refractivity contribution in [3.63, 3.8) is 0 Å². The molecular formula is C95H96F3N11O15S. The number of thiazole rings is 1. The Bertz CT molecular complexity index is 5840. The summed E-state index contributed by atoms with van der Waals surface area (Å²) >= 11 is 1.69. The predicted octanol–water partition coefficient (Wildman–Crippen LogP) is 16.7. The van der Waals surface area contributed by atoms with E-state index in [4.69, 9.17) is 20.4 Å². The molecule has 125 heavy (non-hydrogen) atoms. The Labute approximate surface area is 720 Å². The van der Waals surface area contributed by atoms with Gasteiger partial charge in [0.25, 0.3) is 27.8 Å². The highest BCUT2D eigenvalue weighted by Crippen LogP contribution is 2.39. The molecular weight excluding hydrogens is 1620 g/mol. The average Bonchev–Trinajstić information content (AvgIpc) is 1.77. The van der Waals surface area contributed by atoms with Crippen LogP contribution in [-0.2, 0) is 32.1 Å². The van der Waals surface area contributed by atoms with Crippen LogP contribution in [0.2, 0.25) is 0 Å². The van der Waals surface area contributed by atoms with E-state index in [1.165, 1.54) is 30.3 Å². The zero-order valence-electron chi connectivity index (χ0n) is 69.4. The van der Waals surface area contributed by atoms with Gasteiger partial charge in [0.1, 0.15) is 51.3 Å². The fourth-order valence-corrected chi connectivity index (χ4v) is 16.5. The Balaban J connectivity index is 0.000000142. The van der Waals surface area contributed by atoms with Crippen LogP contribution < -0.4 is 52.7 Å². The van der Waals surface area contributed by atoms with E-state index < -0.39 is 76.2 Å². The van der Waals surface area contributed by atoms with Gasteiger partial charge in [-0.2, -0.15) is 0 Å². The Morgan fingerprint density at radius 2 is 0.648 bits per heavy atom. The minimum atomic E-state index is -1.23. The first-order valence-corrected chi connectivity index (χ1v) is 42.2. The number of aryl methyl sites for hydroxylation is 5. The number of hydrogen-bond acceptors (Lipinski definition) is 17. The number of carboxylic acid groups (broad SMARTS) is 5. The van der Waals surface area contributed by atoms with Crippen molar-refractivity contribution in [3.05, 3.63) is 306 Å². The predicted molar refractivity (Wildman–Crippen MR) is 481 cm³/mol. The molecule has 648 valence electrons. The van der Waals surface area contributed by atoms with Crippen LogP contribution in [-0.4, -0.2) is 150 Å². The molecule has 4 aliphatic heterocycles. The van der Waals surface area contributed by atoms with Gasteiger partial charge in [-0.3, -0.25) is 24.0 Å². The van der Waals surface area contributed by atoms with Crippen LogP contribution in [0.5, 0.6) is 0 Å². The molecule has 4 atom stereocenters. The van der Waals surface area contributed by atoms with Crippen molar-refractivity contribution in [3.8, 4) is 56.3 Å². The Kier molecular flexibility index (Phi) is 29.6. The number of alkyl halides is 3. The zero-order valence-corrected chi connectivity index (χ0v) is 70.2. The van der Waals surface area contributed by atoms with Gasteiger partial charge in [0.05, 0.1) is 34.5 Å². The van der Waals surface area contributed by atoms with Crippen molar-refractivity contribution < 1.29 is 62.7 Å². The van der Waals surface area contributed by atoms with E-state index in [9.17, 15) is 66.2 Å². The summed E-state index contributed by atoms with van der Waals surface area (Å²) in [6.45, 7) is 13.9. The molecule has 0 bridgehead atoms. The number of para-hydroxylation sites is 1. The van der Waals surface area contributed by atoms with E-state index in [2.05, 4.69) is 52.3 Å². The van der Waals surface area contributed by atoms with Gasteiger partial charge in [-0.1, -0.05) is 113 Å². The second kappa shape index (κ2) is 41.1. The molecule has 6 aromatic carbocycles. The lowest BCUT2D eigenvalue weighted by Gasteiger charge is -2.25. The highest BCUT2D eigenvalue weighted by molar-refractivity contribution is 7.09. The van der Waals surface area contributed by atoms with Crippen LogP contribution in [0.25, 0.3) is 56.3 Å².